The van der Waals surface area contributed by atoms with Crippen LogP contribution >= 0.6 is 11.6 Å². The summed E-state index contributed by atoms with van der Waals surface area (Å²) in [5.41, 5.74) is 1.57. The minimum Gasteiger partial charge on any atom is -0.444 e. The molecular formula is C26H33ClFN3O3. The molecule has 1 saturated heterocycles. The summed E-state index contributed by atoms with van der Waals surface area (Å²) in [6.07, 6.45) is 0.573. The Morgan fingerprint density at radius 3 is 2.50 bits per heavy atom. The molecule has 0 saturated carbocycles. The lowest BCUT2D eigenvalue weighted by molar-refractivity contribution is -0.136. The number of amides is 2. The Morgan fingerprint density at radius 1 is 1.18 bits per heavy atom. The number of benzene rings is 2. The Balaban J connectivity index is 1.93. The van der Waals surface area contributed by atoms with Gasteiger partial charge in [0.05, 0.1) is 6.54 Å². The average Bonchev–Trinajstić information content (AvgIpc) is 2.76. The number of piperidine rings is 1. The second kappa shape index (κ2) is 10.2. The van der Waals surface area contributed by atoms with Gasteiger partial charge >= 0.3 is 6.09 Å². The molecule has 184 valence electrons. The SMILES string of the molecule is CN(C)C(=O)C1(NC(=O)OC(C)(C)C)CCCN(c2ccc(-c3cccc(F)c3)cc2CCl)C1. The van der Waals surface area contributed by atoms with Gasteiger partial charge in [-0.25, -0.2) is 9.18 Å². The number of likely N-dealkylation sites (N-methyl/N-ethyl adjacent to an activating group) is 1. The van der Waals surface area contributed by atoms with E-state index in [0.717, 1.165) is 22.4 Å². The molecule has 34 heavy (non-hydrogen) atoms. The summed E-state index contributed by atoms with van der Waals surface area (Å²) in [5.74, 6) is -0.236. The van der Waals surface area contributed by atoms with Gasteiger partial charge in [0.15, 0.2) is 0 Å². The second-order valence-corrected chi connectivity index (χ2v) is 10.2. The normalized spacial score (nSPS) is 18.4. The number of nitrogens with one attached hydrogen (secondary N) is 1. The Labute approximate surface area is 206 Å². The van der Waals surface area contributed by atoms with Crippen LogP contribution in [0.1, 0.15) is 39.2 Å². The fourth-order valence-corrected chi connectivity index (χ4v) is 4.58. The molecule has 1 N–H and O–H groups in total. The van der Waals surface area contributed by atoms with Gasteiger partial charge in [0.2, 0.25) is 5.91 Å². The number of hydrogen-bond acceptors (Lipinski definition) is 4. The number of alkyl carbamates (subject to hydrolysis) is 1. The number of nitrogens with zero attached hydrogens (tertiary/aromatic N) is 2. The first kappa shape index (κ1) is 25.8. The molecule has 6 nitrogen and oxygen atoms in total. The summed E-state index contributed by atoms with van der Waals surface area (Å²) < 4.78 is 19.2. The Bertz CT molecular complexity index is 1050. The van der Waals surface area contributed by atoms with Crippen LogP contribution in [-0.4, -0.2) is 55.2 Å². The maximum absolute atomic E-state index is 13.7. The number of anilines is 1. The van der Waals surface area contributed by atoms with E-state index in [2.05, 4.69) is 10.2 Å². The molecule has 2 aromatic rings. The molecule has 1 heterocycles. The summed E-state index contributed by atoms with van der Waals surface area (Å²) in [6.45, 7) is 6.35. The van der Waals surface area contributed by atoms with Gasteiger partial charge in [0.1, 0.15) is 17.0 Å². The average molecular weight is 490 g/mol. The molecule has 3 rings (SSSR count). The lowest BCUT2D eigenvalue weighted by atomic mass is 9.86. The smallest absolute Gasteiger partial charge is 0.408 e. The molecule has 0 bridgehead atoms. The lowest BCUT2D eigenvalue weighted by Crippen LogP contribution is -2.66. The molecule has 8 heteroatoms. The van der Waals surface area contributed by atoms with Crippen LogP contribution in [0.3, 0.4) is 0 Å². The van der Waals surface area contributed by atoms with Crippen LogP contribution in [-0.2, 0) is 15.4 Å². The van der Waals surface area contributed by atoms with Crippen LogP contribution in [0.15, 0.2) is 42.5 Å². The summed E-state index contributed by atoms with van der Waals surface area (Å²) in [4.78, 5) is 29.5. The van der Waals surface area contributed by atoms with Crippen molar-refractivity contribution in [3.05, 3.63) is 53.8 Å². The predicted molar refractivity (Wildman–Crippen MR) is 134 cm³/mol. The third-order valence-electron chi connectivity index (χ3n) is 5.77. The van der Waals surface area contributed by atoms with E-state index in [9.17, 15) is 14.0 Å². The van der Waals surface area contributed by atoms with Crippen molar-refractivity contribution in [2.45, 2.75) is 50.6 Å². The van der Waals surface area contributed by atoms with Crippen molar-refractivity contribution in [2.24, 2.45) is 0 Å². The van der Waals surface area contributed by atoms with Crippen molar-refractivity contribution in [1.29, 1.82) is 0 Å². The van der Waals surface area contributed by atoms with Crippen LogP contribution in [0.2, 0.25) is 0 Å². The highest BCUT2D eigenvalue weighted by Gasteiger charge is 2.45. The fourth-order valence-electron chi connectivity index (χ4n) is 4.37. The van der Waals surface area contributed by atoms with E-state index in [1.807, 2.05) is 24.3 Å². The molecule has 0 radical (unpaired) electrons. The largest absolute Gasteiger partial charge is 0.444 e. The highest BCUT2D eigenvalue weighted by molar-refractivity contribution is 6.17. The zero-order valence-corrected chi connectivity index (χ0v) is 21.2. The molecule has 1 aliphatic rings. The van der Waals surface area contributed by atoms with Gasteiger partial charge in [-0.2, -0.15) is 0 Å². The standard InChI is InChI=1S/C26H33ClFN3O3/c1-25(2,3)34-24(33)29-26(23(32)30(4)5)12-7-13-31(17-26)22-11-10-19(14-20(22)16-27)18-8-6-9-21(28)15-18/h6,8-11,14-15H,7,12-13,16-17H2,1-5H3,(H,29,33). The first-order chi connectivity index (χ1) is 15.9. The van der Waals surface area contributed by atoms with Gasteiger partial charge in [-0.3, -0.25) is 4.79 Å². The van der Waals surface area contributed by atoms with Gasteiger partial charge in [-0.15, -0.1) is 11.6 Å². The highest BCUT2D eigenvalue weighted by atomic mass is 35.5. The number of alkyl halides is 1. The molecule has 1 fully saturated rings. The molecule has 0 aromatic heterocycles. The number of carbonyl (C=O) groups excluding carboxylic acids is 2. The summed E-state index contributed by atoms with van der Waals surface area (Å²) >= 11 is 6.32. The Morgan fingerprint density at radius 2 is 1.88 bits per heavy atom. The molecule has 2 amide bonds. The molecule has 0 spiro atoms. The van der Waals surface area contributed by atoms with Crippen LogP contribution in [0.4, 0.5) is 14.9 Å². The van der Waals surface area contributed by atoms with Crippen LogP contribution in [0, 0.1) is 5.82 Å². The van der Waals surface area contributed by atoms with Gasteiger partial charge in [-0.1, -0.05) is 18.2 Å². The molecule has 1 atom stereocenters. The fraction of sp³-hybridized carbons (Fsp3) is 0.462. The number of halogens is 2. The van der Waals surface area contributed by atoms with Gasteiger partial charge < -0.3 is 19.9 Å². The molecule has 2 aromatic carbocycles. The van der Waals surface area contributed by atoms with E-state index >= 15 is 0 Å². The number of ether oxygens (including phenoxy) is 1. The van der Waals surface area contributed by atoms with E-state index in [4.69, 9.17) is 16.3 Å². The third kappa shape index (κ3) is 6.00. The third-order valence-corrected chi connectivity index (χ3v) is 6.06. The second-order valence-electron chi connectivity index (χ2n) is 9.92. The Hall–Kier alpha value is -2.80. The summed E-state index contributed by atoms with van der Waals surface area (Å²) in [5, 5.41) is 2.88. The van der Waals surface area contributed by atoms with E-state index in [1.54, 1.807) is 40.9 Å². The molecular weight excluding hydrogens is 457 g/mol. The molecule has 1 aliphatic heterocycles. The maximum Gasteiger partial charge on any atom is 0.408 e. The van der Waals surface area contributed by atoms with E-state index in [1.165, 1.54) is 17.0 Å². The number of hydrogen-bond donors (Lipinski definition) is 1. The first-order valence-electron chi connectivity index (χ1n) is 11.4. The van der Waals surface area contributed by atoms with Gasteiger partial charge in [-0.05, 0) is 74.6 Å². The number of rotatable bonds is 5. The lowest BCUT2D eigenvalue weighted by Gasteiger charge is -2.44. The van der Waals surface area contributed by atoms with Crippen molar-refractivity contribution >= 4 is 29.3 Å². The minimum atomic E-state index is -1.13. The summed E-state index contributed by atoms with van der Waals surface area (Å²) in [6, 6.07) is 12.2. The monoisotopic (exact) mass is 489 g/mol. The summed E-state index contributed by atoms with van der Waals surface area (Å²) in [7, 11) is 3.36. The predicted octanol–water partition coefficient (Wildman–Crippen LogP) is 5.18. The van der Waals surface area contributed by atoms with Crippen molar-refractivity contribution in [2.75, 3.05) is 32.1 Å². The van der Waals surface area contributed by atoms with Crippen LogP contribution < -0.4 is 10.2 Å². The maximum atomic E-state index is 13.7. The van der Waals surface area contributed by atoms with Crippen LogP contribution in [0.25, 0.3) is 11.1 Å². The quantitative estimate of drug-likeness (QED) is 0.587. The van der Waals surface area contributed by atoms with E-state index in [-0.39, 0.29) is 24.1 Å². The zero-order valence-electron chi connectivity index (χ0n) is 20.5. The minimum absolute atomic E-state index is 0.188. The van der Waals surface area contributed by atoms with Crippen molar-refractivity contribution < 1.29 is 18.7 Å². The van der Waals surface area contributed by atoms with Crippen molar-refractivity contribution in [3.8, 4) is 11.1 Å². The number of carbonyl (C=O) groups is 2. The van der Waals surface area contributed by atoms with Crippen molar-refractivity contribution in [3.63, 3.8) is 0 Å². The van der Waals surface area contributed by atoms with Crippen molar-refractivity contribution in [1.82, 2.24) is 10.2 Å². The van der Waals surface area contributed by atoms with Crippen LogP contribution in [0.5, 0.6) is 0 Å². The first-order valence-corrected chi connectivity index (χ1v) is 11.9. The van der Waals surface area contributed by atoms with E-state index < -0.39 is 17.2 Å². The molecule has 0 aliphatic carbocycles. The topological polar surface area (TPSA) is 61.9 Å². The van der Waals surface area contributed by atoms with Gasteiger partial charge in [0, 0.05) is 32.2 Å². The highest BCUT2D eigenvalue weighted by Crippen LogP contribution is 2.33. The Kier molecular flexibility index (Phi) is 7.76. The molecule has 1 unspecified atom stereocenters. The van der Waals surface area contributed by atoms with E-state index in [0.29, 0.717) is 19.4 Å². The zero-order chi connectivity index (χ0) is 25.1. The van der Waals surface area contributed by atoms with Gasteiger partial charge in [0.25, 0.3) is 0 Å².